The molecule has 36 heavy (non-hydrogen) atoms. The molecule has 0 aromatic heterocycles. The third kappa shape index (κ3) is 3.39. The van der Waals surface area contributed by atoms with Gasteiger partial charge in [0.2, 0.25) is 6.10 Å². The molecular formula is C23H30O12S. The molecular weight excluding hydrogens is 500 g/mol. The maximum Gasteiger partial charge on any atom is 0.350 e. The van der Waals surface area contributed by atoms with Crippen LogP contribution in [0, 0.1) is 23.2 Å². The van der Waals surface area contributed by atoms with Crippen LogP contribution in [0.3, 0.4) is 0 Å². The van der Waals surface area contributed by atoms with Crippen LogP contribution in [0.1, 0.15) is 52.9 Å². The molecule has 4 aliphatic carbocycles. The van der Waals surface area contributed by atoms with Crippen molar-refractivity contribution >= 4 is 28.0 Å². The highest BCUT2D eigenvalue weighted by Gasteiger charge is 2.73. The van der Waals surface area contributed by atoms with E-state index in [-0.39, 0.29) is 23.9 Å². The minimum Gasteiger partial charge on any atom is -0.464 e. The second-order valence-corrected chi connectivity index (χ2v) is 13.7. The molecule has 0 aromatic carbocycles. The number of esters is 3. The summed E-state index contributed by atoms with van der Waals surface area (Å²) in [6, 6.07) is 0. The molecule has 3 aliphatic heterocycles. The average molecular weight is 531 g/mol. The van der Waals surface area contributed by atoms with Crippen molar-refractivity contribution in [3.8, 4) is 0 Å². The van der Waals surface area contributed by atoms with Crippen LogP contribution in [-0.4, -0.2) is 78.7 Å². The zero-order valence-electron chi connectivity index (χ0n) is 20.2. The normalized spacial score (nSPS) is 46.5. The fraction of sp³-hybridized carbons (Fsp3) is 0.870. The molecule has 7 atom stereocenters. The molecule has 1 N–H and O–H groups in total. The van der Waals surface area contributed by atoms with E-state index in [4.69, 9.17) is 28.4 Å². The van der Waals surface area contributed by atoms with Gasteiger partial charge in [0.1, 0.15) is 6.10 Å². The SMILES string of the molecule is CC(=O)OC1C(=O)OC2C3OC4(OC3OC12)C1CC2CC4CC(COC(=O)C(C)(C)S(=O)(=O)O)(C2)C1. The van der Waals surface area contributed by atoms with Gasteiger partial charge in [-0.2, -0.15) is 8.42 Å². The monoisotopic (exact) mass is 530 g/mol. The third-order valence-corrected chi connectivity index (χ3v) is 10.5. The highest BCUT2D eigenvalue weighted by atomic mass is 32.2. The van der Waals surface area contributed by atoms with Crippen LogP contribution in [0.2, 0.25) is 0 Å². The van der Waals surface area contributed by atoms with Gasteiger partial charge in [0.05, 0.1) is 6.61 Å². The van der Waals surface area contributed by atoms with Gasteiger partial charge in [-0.05, 0) is 51.9 Å². The summed E-state index contributed by atoms with van der Waals surface area (Å²) in [5, 5.41) is 0. The molecule has 3 saturated heterocycles. The Morgan fingerprint density at radius 1 is 1.08 bits per heavy atom. The van der Waals surface area contributed by atoms with Gasteiger partial charge < -0.3 is 28.4 Å². The predicted octanol–water partition coefficient (Wildman–Crippen LogP) is 0.716. The van der Waals surface area contributed by atoms with E-state index in [0.29, 0.717) is 18.8 Å². The van der Waals surface area contributed by atoms with Crippen LogP contribution in [0.5, 0.6) is 0 Å². The zero-order chi connectivity index (χ0) is 25.8. The van der Waals surface area contributed by atoms with Gasteiger partial charge >= 0.3 is 17.9 Å². The minimum atomic E-state index is -4.62. The number of carbonyl (C=O) groups is 3. The van der Waals surface area contributed by atoms with Crippen LogP contribution < -0.4 is 0 Å². The van der Waals surface area contributed by atoms with Crippen molar-refractivity contribution in [2.45, 2.75) is 94.1 Å². The fourth-order valence-corrected chi connectivity index (χ4v) is 7.72. The predicted molar refractivity (Wildman–Crippen MR) is 115 cm³/mol. The highest BCUT2D eigenvalue weighted by molar-refractivity contribution is 7.88. The maximum atomic E-state index is 12.5. The lowest BCUT2D eigenvalue weighted by atomic mass is 9.47. The van der Waals surface area contributed by atoms with E-state index in [9.17, 15) is 27.4 Å². The Morgan fingerprint density at radius 3 is 2.36 bits per heavy atom. The quantitative estimate of drug-likeness (QED) is 0.302. The van der Waals surface area contributed by atoms with Crippen molar-refractivity contribution in [1.82, 2.24) is 0 Å². The summed E-state index contributed by atoms with van der Waals surface area (Å²) in [7, 11) is -4.62. The smallest absolute Gasteiger partial charge is 0.350 e. The summed E-state index contributed by atoms with van der Waals surface area (Å²) < 4.78 is 65.6. The first-order chi connectivity index (χ1) is 16.7. The lowest BCUT2D eigenvalue weighted by Gasteiger charge is -2.62. The first kappa shape index (κ1) is 24.5. The highest BCUT2D eigenvalue weighted by Crippen LogP contribution is 2.67. The first-order valence-corrected chi connectivity index (χ1v) is 13.7. The number of carbonyl (C=O) groups excluding carboxylic acids is 3. The van der Waals surface area contributed by atoms with E-state index in [0.717, 1.165) is 33.1 Å². The largest absolute Gasteiger partial charge is 0.464 e. The molecule has 0 radical (unpaired) electrons. The van der Waals surface area contributed by atoms with E-state index in [1.54, 1.807) is 0 Å². The van der Waals surface area contributed by atoms with Crippen molar-refractivity contribution in [3.05, 3.63) is 0 Å². The molecule has 13 heteroatoms. The summed E-state index contributed by atoms with van der Waals surface area (Å²) in [4.78, 5) is 36.2. The Hall–Kier alpha value is -1.80. The molecule has 7 unspecified atom stereocenters. The molecule has 12 nitrogen and oxygen atoms in total. The molecule has 7 aliphatic rings. The molecule has 3 heterocycles. The summed E-state index contributed by atoms with van der Waals surface area (Å²) in [6.45, 7) is 3.50. The average Bonchev–Trinajstić information content (AvgIpc) is 3.38. The van der Waals surface area contributed by atoms with E-state index in [2.05, 4.69) is 0 Å². The number of hydrogen-bond donors (Lipinski definition) is 1. The third-order valence-electron chi connectivity index (χ3n) is 9.00. The first-order valence-electron chi connectivity index (χ1n) is 12.3. The van der Waals surface area contributed by atoms with Crippen molar-refractivity contribution in [3.63, 3.8) is 0 Å². The topological polar surface area (TPSA) is 161 Å². The van der Waals surface area contributed by atoms with E-state index in [1.807, 2.05) is 0 Å². The lowest BCUT2D eigenvalue weighted by molar-refractivity contribution is -0.337. The molecule has 1 spiro atoms. The number of hydrogen-bond acceptors (Lipinski definition) is 11. The number of ether oxygens (including phenoxy) is 6. The number of rotatable bonds is 5. The second-order valence-electron chi connectivity index (χ2n) is 11.7. The minimum absolute atomic E-state index is 0.00828. The maximum absolute atomic E-state index is 12.5. The van der Waals surface area contributed by atoms with E-state index < -0.39 is 69.3 Å². The standard InChI is InChI=1S/C23H30O12S/c1-10(24)31-16-14-15(32-18(16)25)17-19(33-14)35-23(34-17)12-4-11-5-13(23)8-22(6-11,7-12)9-30-20(26)21(2,3)36(27,28)29/h11-17,19H,4-9H2,1-3H3,(H,27,28,29). The van der Waals surface area contributed by atoms with Crippen LogP contribution in [0.15, 0.2) is 0 Å². The lowest BCUT2D eigenvalue weighted by Crippen LogP contribution is -2.63. The summed E-state index contributed by atoms with van der Waals surface area (Å²) in [5.41, 5.74) is -0.333. The molecule has 200 valence electrons. The molecule has 7 rings (SSSR count). The molecule has 4 saturated carbocycles. The molecule has 7 fully saturated rings. The van der Waals surface area contributed by atoms with E-state index >= 15 is 0 Å². The van der Waals surface area contributed by atoms with Gasteiger partial charge in [-0.15, -0.1) is 0 Å². The Labute approximate surface area is 208 Å². The zero-order valence-corrected chi connectivity index (χ0v) is 21.0. The van der Waals surface area contributed by atoms with Gasteiger partial charge in [0, 0.05) is 24.2 Å². The van der Waals surface area contributed by atoms with Gasteiger partial charge in [0.25, 0.3) is 10.1 Å². The van der Waals surface area contributed by atoms with Gasteiger partial charge in [-0.25, -0.2) is 4.79 Å². The van der Waals surface area contributed by atoms with Crippen molar-refractivity contribution in [2.24, 2.45) is 23.2 Å². The van der Waals surface area contributed by atoms with Crippen molar-refractivity contribution in [2.75, 3.05) is 6.61 Å². The molecule has 4 bridgehead atoms. The summed E-state index contributed by atoms with van der Waals surface area (Å²) in [6.07, 6.45) is -0.169. The second kappa shape index (κ2) is 7.62. The van der Waals surface area contributed by atoms with Crippen molar-refractivity contribution < 1.29 is 55.8 Å². The summed E-state index contributed by atoms with van der Waals surface area (Å²) in [5.74, 6) is -2.80. The van der Waals surface area contributed by atoms with Crippen LogP contribution in [-0.2, 0) is 52.9 Å². The van der Waals surface area contributed by atoms with Gasteiger partial charge in [-0.1, -0.05) is 0 Å². The summed E-state index contributed by atoms with van der Waals surface area (Å²) >= 11 is 0. The van der Waals surface area contributed by atoms with Crippen LogP contribution >= 0.6 is 0 Å². The Balaban J connectivity index is 1.17. The van der Waals surface area contributed by atoms with Crippen LogP contribution in [0.25, 0.3) is 0 Å². The van der Waals surface area contributed by atoms with Crippen LogP contribution in [0.4, 0.5) is 0 Å². The van der Waals surface area contributed by atoms with Crippen molar-refractivity contribution in [1.29, 1.82) is 0 Å². The fourth-order valence-electron chi connectivity index (χ4n) is 7.45. The van der Waals surface area contributed by atoms with Gasteiger partial charge in [-0.3, -0.25) is 14.1 Å². The molecule has 0 aromatic rings. The Kier molecular flexibility index (Phi) is 5.19. The Bertz CT molecular complexity index is 1100. The Morgan fingerprint density at radius 2 is 1.75 bits per heavy atom. The number of fused-ring (bicyclic) bond motifs is 3. The van der Waals surface area contributed by atoms with E-state index in [1.165, 1.54) is 6.92 Å². The molecule has 0 amide bonds. The van der Waals surface area contributed by atoms with Gasteiger partial charge in [0.15, 0.2) is 29.0 Å².